The molecule has 1 aromatic carbocycles. The van der Waals surface area contributed by atoms with Crippen LogP contribution in [0.2, 0.25) is 0 Å². The summed E-state index contributed by atoms with van der Waals surface area (Å²) >= 11 is 1.91. The molecular weight excluding hydrogens is 262 g/mol. The van der Waals surface area contributed by atoms with Gasteiger partial charge in [0.05, 0.1) is 6.04 Å². The third-order valence-corrected chi connectivity index (χ3v) is 5.01. The number of rotatable bonds is 4. The zero-order valence-corrected chi connectivity index (χ0v) is 14.0. The van der Waals surface area contributed by atoms with Gasteiger partial charge in [-0.2, -0.15) is 0 Å². The highest BCUT2D eigenvalue weighted by Crippen LogP contribution is 2.30. The fourth-order valence-corrected chi connectivity index (χ4v) is 3.48. The minimum Gasteiger partial charge on any atom is -0.309 e. The van der Waals surface area contributed by atoms with Crippen LogP contribution in [-0.2, 0) is 11.8 Å². The Morgan fingerprint density at radius 3 is 2.15 bits per heavy atom. The van der Waals surface area contributed by atoms with Crippen LogP contribution in [-0.4, -0.2) is 7.05 Å². The lowest BCUT2D eigenvalue weighted by Gasteiger charge is -2.21. The summed E-state index contributed by atoms with van der Waals surface area (Å²) in [7, 11) is 2.04. The highest BCUT2D eigenvalue weighted by molar-refractivity contribution is 7.12. The van der Waals surface area contributed by atoms with Crippen LogP contribution < -0.4 is 5.32 Å². The fourth-order valence-electron chi connectivity index (χ4n) is 2.39. The number of thiophene rings is 1. The normalized spacial score (nSPS) is 13.4. The van der Waals surface area contributed by atoms with Crippen molar-refractivity contribution in [2.24, 2.45) is 0 Å². The van der Waals surface area contributed by atoms with Gasteiger partial charge in [-0.25, -0.2) is 0 Å². The van der Waals surface area contributed by atoms with Gasteiger partial charge < -0.3 is 5.32 Å². The molecule has 0 saturated carbocycles. The zero-order chi connectivity index (χ0) is 14.8. The summed E-state index contributed by atoms with van der Waals surface area (Å²) in [5.74, 6) is 0. The van der Waals surface area contributed by atoms with Gasteiger partial charge in [-0.05, 0) is 42.1 Å². The second-order valence-electron chi connectivity index (χ2n) is 6.25. The average Bonchev–Trinajstić information content (AvgIpc) is 2.88. The lowest BCUT2D eigenvalue weighted by atomic mass is 9.86. The van der Waals surface area contributed by atoms with E-state index >= 15 is 0 Å². The first-order valence-electron chi connectivity index (χ1n) is 7.32. The first kappa shape index (κ1) is 15.3. The Kier molecular flexibility index (Phi) is 4.66. The Morgan fingerprint density at radius 2 is 1.70 bits per heavy atom. The lowest BCUT2D eigenvalue weighted by Crippen LogP contribution is -2.17. The smallest absolute Gasteiger partial charge is 0.0668 e. The van der Waals surface area contributed by atoms with Crippen molar-refractivity contribution in [3.05, 3.63) is 57.3 Å². The molecule has 20 heavy (non-hydrogen) atoms. The highest BCUT2D eigenvalue weighted by atomic mass is 32.1. The zero-order valence-electron chi connectivity index (χ0n) is 13.2. The largest absolute Gasteiger partial charge is 0.309 e. The molecule has 0 radical (unpaired) electrons. The molecule has 2 aromatic rings. The van der Waals surface area contributed by atoms with Crippen molar-refractivity contribution in [3.8, 4) is 0 Å². The highest BCUT2D eigenvalue weighted by Gasteiger charge is 2.17. The van der Waals surface area contributed by atoms with Crippen LogP contribution in [0, 0.1) is 0 Å². The second kappa shape index (κ2) is 6.11. The summed E-state index contributed by atoms with van der Waals surface area (Å²) in [6, 6.07) is 13.8. The summed E-state index contributed by atoms with van der Waals surface area (Å²) in [4.78, 5) is 2.85. The second-order valence-corrected chi connectivity index (χ2v) is 7.45. The summed E-state index contributed by atoms with van der Waals surface area (Å²) in [6.07, 6.45) is 1.12. The van der Waals surface area contributed by atoms with E-state index in [9.17, 15) is 0 Å². The van der Waals surface area contributed by atoms with Gasteiger partial charge >= 0.3 is 0 Å². The number of aryl methyl sites for hydroxylation is 1. The van der Waals surface area contributed by atoms with Crippen LogP contribution in [0.25, 0.3) is 0 Å². The number of nitrogens with one attached hydrogen (secondary N) is 1. The molecule has 2 rings (SSSR count). The van der Waals surface area contributed by atoms with Gasteiger partial charge in [0.25, 0.3) is 0 Å². The van der Waals surface area contributed by atoms with E-state index < -0.39 is 0 Å². The van der Waals surface area contributed by atoms with E-state index in [0.29, 0.717) is 6.04 Å². The van der Waals surface area contributed by atoms with E-state index in [4.69, 9.17) is 0 Å². The lowest BCUT2D eigenvalue weighted by molar-refractivity contribution is 0.589. The molecule has 0 aliphatic rings. The summed E-state index contributed by atoms with van der Waals surface area (Å²) in [6.45, 7) is 8.97. The topological polar surface area (TPSA) is 12.0 Å². The molecule has 0 fully saturated rings. The minimum atomic E-state index is 0.214. The summed E-state index contributed by atoms with van der Waals surface area (Å²) in [5.41, 5.74) is 2.94. The molecular formula is C18H25NS. The van der Waals surface area contributed by atoms with E-state index in [0.717, 1.165) is 6.42 Å². The monoisotopic (exact) mass is 287 g/mol. The molecule has 0 aliphatic heterocycles. The van der Waals surface area contributed by atoms with Crippen molar-refractivity contribution in [1.82, 2.24) is 5.32 Å². The van der Waals surface area contributed by atoms with Crippen LogP contribution in [0.3, 0.4) is 0 Å². The third kappa shape index (κ3) is 3.31. The van der Waals surface area contributed by atoms with Crippen LogP contribution >= 0.6 is 11.3 Å². The molecule has 0 amide bonds. The molecule has 0 spiro atoms. The quantitative estimate of drug-likeness (QED) is 0.842. The molecule has 0 bridgehead atoms. The third-order valence-electron chi connectivity index (χ3n) is 3.71. The maximum absolute atomic E-state index is 3.44. The Morgan fingerprint density at radius 1 is 1.05 bits per heavy atom. The summed E-state index contributed by atoms with van der Waals surface area (Å²) < 4.78 is 0. The van der Waals surface area contributed by atoms with Gasteiger partial charge in [-0.1, -0.05) is 52.0 Å². The molecule has 2 heteroatoms. The standard InChI is InChI=1S/C18H25NS/c1-6-15-11-12-16(20-15)17(19-5)13-7-9-14(10-8-13)18(2,3)4/h7-12,17,19H,6H2,1-5H3. The van der Waals surface area contributed by atoms with E-state index in [-0.39, 0.29) is 5.41 Å². The predicted molar refractivity (Wildman–Crippen MR) is 89.7 cm³/mol. The average molecular weight is 287 g/mol. The number of hydrogen-bond acceptors (Lipinski definition) is 2. The van der Waals surface area contributed by atoms with E-state index in [1.165, 1.54) is 20.9 Å². The Hall–Kier alpha value is -1.12. The molecule has 1 nitrogen and oxygen atoms in total. The van der Waals surface area contributed by atoms with E-state index in [1.54, 1.807) is 0 Å². The van der Waals surface area contributed by atoms with E-state index in [1.807, 2.05) is 18.4 Å². The molecule has 0 aliphatic carbocycles. The van der Waals surface area contributed by atoms with Crippen LogP contribution in [0.5, 0.6) is 0 Å². The van der Waals surface area contributed by atoms with Crippen molar-refractivity contribution in [2.45, 2.75) is 45.6 Å². The maximum atomic E-state index is 3.44. The molecule has 0 saturated heterocycles. The molecule has 1 unspecified atom stereocenters. The first-order valence-corrected chi connectivity index (χ1v) is 8.13. The molecule has 1 aromatic heterocycles. The molecule has 1 heterocycles. The Labute approximate surface area is 127 Å². The van der Waals surface area contributed by atoms with Gasteiger partial charge in [0, 0.05) is 9.75 Å². The first-order chi connectivity index (χ1) is 9.45. The number of benzene rings is 1. The van der Waals surface area contributed by atoms with Crippen molar-refractivity contribution >= 4 is 11.3 Å². The van der Waals surface area contributed by atoms with Gasteiger partial charge in [-0.15, -0.1) is 11.3 Å². The summed E-state index contributed by atoms with van der Waals surface area (Å²) in [5, 5.41) is 3.44. The van der Waals surface area contributed by atoms with E-state index in [2.05, 4.69) is 69.4 Å². The van der Waals surface area contributed by atoms with Crippen molar-refractivity contribution in [2.75, 3.05) is 7.05 Å². The maximum Gasteiger partial charge on any atom is 0.0668 e. The molecule has 1 N–H and O–H groups in total. The van der Waals surface area contributed by atoms with Crippen molar-refractivity contribution < 1.29 is 0 Å². The fraction of sp³-hybridized carbons (Fsp3) is 0.444. The van der Waals surface area contributed by atoms with Gasteiger partial charge in [0.2, 0.25) is 0 Å². The predicted octanol–water partition coefficient (Wildman–Crippen LogP) is 4.92. The Bertz CT molecular complexity index is 546. The van der Waals surface area contributed by atoms with Crippen molar-refractivity contribution in [1.29, 1.82) is 0 Å². The van der Waals surface area contributed by atoms with Crippen LogP contribution in [0.1, 0.15) is 54.6 Å². The van der Waals surface area contributed by atoms with Crippen molar-refractivity contribution in [3.63, 3.8) is 0 Å². The van der Waals surface area contributed by atoms with Gasteiger partial charge in [0.15, 0.2) is 0 Å². The van der Waals surface area contributed by atoms with Crippen LogP contribution in [0.15, 0.2) is 36.4 Å². The van der Waals surface area contributed by atoms with Gasteiger partial charge in [0.1, 0.15) is 0 Å². The molecule has 1 atom stereocenters. The van der Waals surface area contributed by atoms with Gasteiger partial charge in [-0.3, -0.25) is 0 Å². The molecule has 108 valence electrons. The minimum absolute atomic E-state index is 0.214. The SMILES string of the molecule is CCc1ccc(C(NC)c2ccc(C(C)(C)C)cc2)s1. The van der Waals surface area contributed by atoms with Crippen LogP contribution in [0.4, 0.5) is 0 Å². The Balaban J connectivity index is 2.28. The number of hydrogen-bond donors (Lipinski definition) is 1.